The number of furan rings is 1. The molecule has 3 aromatic rings. The Hall–Kier alpha value is -3.29. The fourth-order valence-corrected chi connectivity index (χ4v) is 2.53. The Morgan fingerprint density at radius 1 is 0.897 bits per heavy atom. The third-order valence-corrected chi connectivity index (χ3v) is 4.14. The molecule has 0 aliphatic rings. The van der Waals surface area contributed by atoms with E-state index in [1.54, 1.807) is 18.2 Å². The molecule has 0 fully saturated rings. The van der Waals surface area contributed by atoms with Crippen LogP contribution in [0.15, 0.2) is 71.1 Å². The van der Waals surface area contributed by atoms with Crippen LogP contribution in [-0.4, -0.2) is 18.4 Å². The second-order valence-corrected chi connectivity index (χ2v) is 6.36. The van der Waals surface area contributed by atoms with Crippen molar-refractivity contribution in [1.82, 2.24) is 10.9 Å². The second kappa shape index (κ2) is 10.3. The van der Waals surface area contributed by atoms with Crippen molar-refractivity contribution < 1.29 is 23.5 Å². The largest absolute Gasteiger partial charge is 0.486 e. The molecule has 0 bridgehead atoms. The average molecular weight is 415 g/mol. The minimum Gasteiger partial charge on any atom is -0.486 e. The lowest BCUT2D eigenvalue weighted by molar-refractivity contribution is -0.126. The van der Waals surface area contributed by atoms with Crippen LogP contribution in [0.1, 0.15) is 21.9 Å². The molecule has 8 heteroatoms. The van der Waals surface area contributed by atoms with Gasteiger partial charge in [0.05, 0.1) is 6.61 Å². The van der Waals surface area contributed by atoms with Crippen molar-refractivity contribution in [3.05, 3.63) is 88.8 Å². The lowest BCUT2D eigenvalue weighted by Gasteiger charge is -2.08. The van der Waals surface area contributed by atoms with E-state index < -0.39 is 11.8 Å². The van der Waals surface area contributed by atoms with Crippen molar-refractivity contribution in [1.29, 1.82) is 0 Å². The quantitative estimate of drug-likeness (QED) is 0.551. The molecule has 29 heavy (non-hydrogen) atoms. The molecule has 150 valence electrons. The number of carbonyl (C=O) groups is 2. The summed E-state index contributed by atoms with van der Waals surface area (Å²) in [6.45, 7) is 0.128. The van der Waals surface area contributed by atoms with E-state index in [9.17, 15) is 9.59 Å². The van der Waals surface area contributed by atoms with E-state index in [0.29, 0.717) is 16.5 Å². The van der Waals surface area contributed by atoms with E-state index in [2.05, 4.69) is 10.9 Å². The fourth-order valence-electron chi connectivity index (χ4n) is 2.34. The summed E-state index contributed by atoms with van der Waals surface area (Å²) in [5, 5.41) is 0.561. The highest BCUT2D eigenvalue weighted by molar-refractivity contribution is 6.31. The number of hydrogen-bond acceptors (Lipinski definition) is 5. The molecule has 1 aromatic heterocycles. The van der Waals surface area contributed by atoms with E-state index in [1.165, 1.54) is 6.07 Å². The molecular weight excluding hydrogens is 396 g/mol. The topological polar surface area (TPSA) is 89.8 Å². The molecule has 2 amide bonds. The van der Waals surface area contributed by atoms with Crippen LogP contribution < -0.4 is 15.6 Å². The molecule has 0 unspecified atom stereocenters. The maximum Gasteiger partial charge on any atom is 0.305 e. The number of ether oxygens (including phenoxy) is 2. The zero-order valence-electron chi connectivity index (χ0n) is 15.4. The van der Waals surface area contributed by atoms with Gasteiger partial charge in [0.2, 0.25) is 0 Å². The molecule has 1 heterocycles. The van der Waals surface area contributed by atoms with Crippen molar-refractivity contribution in [3.63, 3.8) is 0 Å². The Morgan fingerprint density at radius 2 is 1.66 bits per heavy atom. The van der Waals surface area contributed by atoms with Crippen molar-refractivity contribution in [2.45, 2.75) is 13.2 Å². The predicted molar refractivity (Wildman–Crippen MR) is 106 cm³/mol. The molecule has 0 aliphatic heterocycles. The number of para-hydroxylation sites is 1. The highest BCUT2D eigenvalue weighted by Crippen LogP contribution is 2.16. The van der Waals surface area contributed by atoms with Gasteiger partial charge in [-0.25, -0.2) is 0 Å². The Morgan fingerprint density at radius 3 is 2.45 bits per heavy atom. The van der Waals surface area contributed by atoms with Crippen LogP contribution in [0.25, 0.3) is 0 Å². The van der Waals surface area contributed by atoms with Crippen molar-refractivity contribution >= 4 is 23.4 Å². The lowest BCUT2D eigenvalue weighted by Crippen LogP contribution is -2.43. The minimum atomic E-state index is -0.588. The molecule has 2 aromatic carbocycles. The number of hydrogen-bond donors (Lipinski definition) is 2. The summed E-state index contributed by atoms with van der Waals surface area (Å²) < 4.78 is 16.3. The van der Waals surface area contributed by atoms with E-state index >= 15 is 0 Å². The average Bonchev–Trinajstić information content (AvgIpc) is 3.22. The van der Waals surface area contributed by atoms with E-state index in [4.69, 9.17) is 25.5 Å². The highest BCUT2D eigenvalue weighted by Gasteiger charge is 2.13. The van der Waals surface area contributed by atoms with Gasteiger partial charge in [0, 0.05) is 5.02 Å². The minimum absolute atomic E-state index is 0.0500. The van der Waals surface area contributed by atoms with Gasteiger partial charge in [-0.05, 0) is 35.9 Å². The summed E-state index contributed by atoms with van der Waals surface area (Å²) >= 11 is 6.01. The van der Waals surface area contributed by atoms with Gasteiger partial charge in [0.15, 0.2) is 5.76 Å². The summed E-state index contributed by atoms with van der Waals surface area (Å²) in [7, 11) is 0. The zero-order valence-corrected chi connectivity index (χ0v) is 16.1. The molecule has 0 spiro atoms. The Kier molecular flexibility index (Phi) is 7.27. The van der Waals surface area contributed by atoms with Crippen LogP contribution in [0, 0.1) is 0 Å². The van der Waals surface area contributed by atoms with Crippen molar-refractivity contribution in [2.24, 2.45) is 0 Å². The van der Waals surface area contributed by atoms with E-state index in [-0.39, 0.29) is 25.6 Å². The Balaban J connectivity index is 1.38. The summed E-state index contributed by atoms with van der Waals surface area (Å²) in [5.41, 5.74) is 5.30. The third kappa shape index (κ3) is 6.38. The molecule has 0 saturated carbocycles. The van der Waals surface area contributed by atoms with Crippen LogP contribution in [-0.2, 0) is 22.7 Å². The van der Waals surface area contributed by atoms with E-state index in [0.717, 1.165) is 5.56 Å². The van der Waals surface area contributed by atoms with Crippen molar-refractivity contribution in [3.8, 4) is 5.75 Å². The predicted octanol–water partition coefficient (Wildman–Crippen LogP) is 3.49. The van der Waals surface area contributed by atoms with Crippen molar-refractivity contribution in [2.75, 3.05) is 6.61 Å². The first kappa shape index (κ1) is 20.4. The van der Waals surface area contributed by atoms with Gasteiger partial charge in [-0.2, -0.15) is 0 Å². The molecule has 3 rings (SSSR count). The highest BCUT2D eigenvalue weighted by atomic mass is 35.5. The van der Waals surface area contributed by atoms with Crippen LogP contribution >= 0.6 is 11.6 Å². The van der Waals surface area contributed by atoms with Crippen LogP contribution in [0.5, 0.6) is 5.75 Å². The summed E-state index contributed by atoms with van der Waals surface area (Å²) in [5.74, 6) is 0.126. The summed E-state index contributed by atoms with van der Waals surface area (Å²) in [6, 6.07) is 19.5. The Labute approximate surface area is 172 Å². The number of benzene rings is 2. The molecule has 0 saturated heterocycles. The number of hydrazine groups is 1. The van der Waals surface area contributed by atoms with Gasteiger partial charge >= 0.3 is 5.91 Å². The monoisotopic (exact) mass is 414 g/mol. The maximum atomic E-state index is 12.1. The number of amides is 2. The number of halogens is 1. The number of rotatable bonds is 8. The molecule has 0 atom stereocenters. The van der Waals surface area contributed by atoms with Gasteiger partial charge in [-0.15, -0.1) is 0 Å². The number of carbonyl (C=O) groups excluding carboxylic acids is 2. The van der Waals surface area contributed by atoms with Gasteiger partial charge < -0.3 is 13.9 Å². The molecule has 0 radical (unpaired) electrons. The van der Waals surface area contributed by atoms with Crippen LogP contribution in [0.2, 0.25) is 5.02 Å². The van der Waals surface area contributed by atoms with Crippen LogP contribution in [0.4, 0.5) is 0 Å². The smallest absolute Gasteiger partial charge is 0.305 e. The maximum absolute atomic E-state index is 12.1. The van der Waals surface area contributed by atoms with E-state index in [1.807, 2.05) is 42.5 Å². The molecular formula is C21H19ClN2O5. The second-order valence-electron chi connectivity index (χ2n) is 5.95. The van der Waals surface area contributed by atoms with Gasteiger partial charge in [0.1, 0.15) is 24.7 Å². The van der Waals surface area contributed by atoms with Gasteiger partial charge in [-0.3, -0.25) is 20.4 Å². The summed E-state index contributed by atoms with van der Waals surface area (Å²) in [6.07, 6.45) is 0. The van der Waals surface area contributed by atoms with Gasteiger partial charge in [0.25, 0.3) is 5.91 Å². The first-order valence-electron chi connectivity index (χ1n) is 8.79. The number of nitrogens with one attached hydrogen (secondary N) is 2. The molecule has 7 nitrogen and oxygen atoms in total. The lowest BCUT2D eigenvalue weighted by atomic mass is 10.2. The zero-order chi connectivity index (χ0) is 20.5. The summed E-state index contributed by atoms with van der Waals surface area (Å²) in [4.78, 5) is 23.8. The SMILES string of the molecule is O=C(COCc1ccccc1Cl)NNC(=O)c1ccc(COc2ccccc2)o1. The normalized spacial score (nSPS) is 10.4. The first-order valence-corrected chi connectivity index (χ1v) is 9.16. The van der Waals surface area contributed by atoms with Gasteiger partial charge in [-0.1, -0.05) is 48.0 Å². The Bertz CT molecular complexity index is 958. The molecule has 2 N–H and O–H groups in total. The molecule has 0 aliphatic carbocycles. The first-order chi connectivity index (χ1) is 14.1. The van der Waals surface area contributed by atoms with Crippen LogP contribution in [0.3, 0.4) is 0 Å². The standard InChI is InChI=1S/C21H19ClN2O5/c22-18-9-5-4-6-15(18)12-27-14-20(25)23-24-21(26)19-11-10-17(29-19)13-28-16-7-2-1-3-8-16/h1-11H,12-14H2,(H,23,25)(H,24,26). The fraction of sp³-hybridized carbons (Fsp3) is 0.143. The third-order valence-electron chi connectivity index (χ3n) is 3.77.